The summed E-state index contributed by atoms with van der Waals surface area (Å²) in [4.78, 5) is 12.1. The quantitative estimate of drug-likeness (QED) is 0.312. The number of esters is 1. The number of aliphatic hydroxyl groups is 2. The Kier molecular flexibility index (Phi) is 3.62. The molecule has 0 aromatic rings. The van der Waals surface area contributed by atoms with Gasteiger partial charge in [-0.2, -0.15) is 0 Å². The lowest BCUT2D eigenvalue weighted by atomic mass is 9.43. The largest absolute Gasteiger partial charge is 0.633 e. The van der Waals surface area contributed by atoms with Crippen LogP contribution in [-0.4, -0.2) is 58.3 Å². The van der Waals surface area contributed by atoms with Crippen LogP contribution in [0.3, 0.4) is 0 Å². The highest BCUT2D eigenvalue weighted by atomic mass is 16.6. The van der Waals surface area contributed by atoms with Crippen LogP contribution in [0.1, 0.15) is 52.9 Å². The predicted octanol–water partition coefficient (Wildman–Crippen LogP) is 2.38. The molecule has 0 aromatic heterocycles. The standard InChI is InChI=1S/C24H35NO5/c1-5-25(29)11-22(4)7-6-19(28)24-17(22)8-15(20(24)25)23-10-14(16(27)9-18(23)24)12(2)21(23)30-13(3)26/h14-21,27-28H,2,5-11H2,1,3-4H3. The van der Waals surface area contributed by atoms with Crippen molar-refractivity contribution in [2.24, 2.45) is 39.9 Å². The topological polar surface area (TPSA) is 89.8 Å². The van der Waals surface area contributed by atoms with E-state index in [2.05, 4.69) is 13.5 Å². The van der Waals surface area contributed by atoms with Crippen molar-refractivity contribution in [3.63, 3.8) is 0 Å². The molecule has 2 N–H and O–H groups in total. The number of carbonyl (C=O) groups excluding carboxylic acids is 1. The maximum Gasteiger partial charge on any atom is 0.303 e. The zero-order chi connectivity index (χ0) is 21.4. The summed E-state index contributed by atoms with van der Waals surface area (Å²) in [6.07, 6.45) is 2.37. The number of ether oxygens (including phenoxy) is 1. The SMILES string of the molecule is C=C1C2CC3(C1OC(C)=O)C1CC4C5(C)CCC(O)C4(C3CC2O)C1[N+]([O-])(CC)C5. The van der Waals surface area contributed by atoms with E-state index in [9.17, 15) is 20.2 Å². The molecule has 1 heterocycles. The minimum atomic E-state index is -0.541. The molecule has 5 aliphatic carbocycles. The number of hydrogen-bond acceptors (Lipinski definition) is 5. The molecule has 0 aromatic carbocycles. The normalized spacial score (nSPS) is 62.4. The minimum Gasteiger partial charge on any atom is -0.633 e. The molecule has 6 rings (SSSR count). The van der Waals surface area contributed by atoms with Crippen LogP contribution in [0, 0.1) is 45.1 Å². The first-order valence-corrected chi connectivity index (χ1v) is 11.9. The van der Waals surface area contributed by atoms with Gasteiger partial charge in [0.15, 0.2) is 0 Å². The molecule has 30 heavy (non-hydrogen) atoms. The van der Waals surface area contributed by atoms with Gasteiger partial charge in [-0.25, -0.2) is 0 Å². The Labute approximate surface area is 178 Å². The third kappa shape index (κ3) is 1.80. The minimum absolute atomic E-state index is 0.00141. The van der Waals surface area contributed by atoms with Gasteiger partial charge >= 0.3 is 5.97 Å². The molecule has 6 fully saturated rings. The van der Waals surface area contributed by atoms with Crippen LogP contribution in [0.25, 0.3) is 0 Å². The van der Waals surface area contributed by atoms with Crippen LogP contribution in [0.2, 0.25) is 0 Å². The molecule has 1 aliphatic heterocycles. The van der Waals surface area contributed by atoms with Crippen molar-refractivity contribution >= 4 is 5.97 Å². The van der Waals surface area contributed by atoms with Crippen molar-refractivity contribution in [3.05, 3.63) is 17.4 Å². The molecule has 166 valence electrons. The fourth-order valence-corrected chi connectivity index (χ4v) is 10.6. The van der Waals surface area contributed by atoms with Crippen LogP contribution in [0.5, 0.6) is 0 Å². The predicted molar refractivity (Wildman–Crippen MR) is 110 cm³/mol. The number of aliphatic hydroxyl groups excluding tert-OH is 2. The summed E-state index contributed by atoms with van der Waals surface area (Å²) in [5.41, 5.74) is -0.0892. The van der Waals surface area contributed by atoms with Gasteiger partial charge < -0.3 is 24.8 Å². The summed E-state index contributed by atoms with van der Waals surface area (Å²) in [5.74, 6) is 0.0110. The number of carbonyl (C=O) groups is 1. The number of nitrogens with zero attached hydrogens (tertiary/aromatic N) is 1. The van der Waals surface area contributed by atoms with E-state index >= 15 is 0 Å². The van der Waals surface area contributed by atoms with Crippen molar-refractivity contribution in [1.82, 2.24) is 0 Å². The van der Waals surface area contributed by atoms with Crippen LogP contribution < -0.4 is 0 Å². The van der Waals surface area contributed by atoms with Crippen LogP contribution in [0.4, 0.5) is 0 Å². The van der Waals surface area contributed by atoms with Crippen molar-refractivity contribution in [2.75, 3.05) is 13.1 Å². The average Bonchev–Trinajstić information content (AvgIpc) is 3.23. The third-order valence-corrected chi connectivity index (χ3v) is 11.1. The van der Waals surface area contributed by atoms with Crippen molar-refractivity contribution in [1.29, 1.82) is 0 Å². The molecule has 0 amide bonds. The molecular weight excluding hydrogens is 382 g/mol. The van der Waals surface area contributed by atoms with Crippen LogP contribution in [0.15, 0.2) is 12.2 Å². The van der Waals surface area contributed by atoms with Gasteiger partial charge in [0, 0.05) is 29.6 Å². The first-order valence-electron chi connectivity index (χ1n) is 11.9. The van der Waals surface area contributed by atoms with Crippen molar-refractivity contribution < 1.29 is 24.4 Å². The Morgan fingerprint density at radius 3 is 2.73 bits per heavy atom. The molecule has 6 aliphatic rings. The lowest BCUT2D eigenvalue weighted by molar-refractivity contribution is -0.927. The highest BCUT2D eigenvalue weighted by molar-refractivity contribution is 5.67. The fourth-order valence-electron chi connectivity index (χ4n) is 10.6. The number of rotatable bonds is 2. The molecule has 2 spiro atoms. The molecule has 7 bridgehead atoms. The van der Waals surface area contributed by atoms with Gasteiger partial charge in [0.25, 0.3) is 0 Å². The summed E-state index contributed by atoms with van der Waals surface area (Å²) in [5, 5.41) is 37.2. The highest BCUT2D eigenvalue weighted by Gasteiger charge is 2.88. The van der Waals surface area contributed by atoms with E-state index in [1.807, 2.05) is 6.92 Å². The Morgan fingerprint density at radius 1 is 1.33 bits per heavy atom. The zero-order valence-electron chi connectivity index (χ0n) is 18.3. The van der Waals surface area contributed by atoms with E-state index in [0.717, 1.165) is 31.3 Å². The molecule has 12 unspecified atom stereocenters. The third-order valence-electron chi connectivity index (χ3n) is 11.1. The summed E-state index contributed by atoms with van der Waals surface area (Å²) < 4.78 is 5.70. The second-order valence-corrected chi connectivity index (χ2v) is 11.8. The fraction of sp³-hybridized carbons (Fsp3) is 0.875. The van der Waals surface area contributed by atoms with Gasteiger partial charge in [-0.3, -0.25) is 4.79 Å². The molecule has 0 radical (unpaired) electrons. The summed E-state index contributed by atoms with van der Waals surface area (Å²) in [7, 11) is 0. The lowest BCUT2D eigenvalue weighted by Crippen LogP contribution is -2.73. The Bertz CT molecular complexity index is 845. The molecule has 5 saturated carbocycles. The average molecular weight is 418 g/mol. The number of fused-ring (bicyclic) bond motifs is 1. The Morgan fingerprint density at radius 2 is 2.07 bits per heavy atom. The molecule has 1 saturated heterocycles. The smallest absolute Gasteiger partial charge is 0.303 e. The zero-order valence-corrected chi connectivity index (χ0v) is 18.3. The van der Waals surface area contributed by atoms with E-state index < -0.39 is 23.7 Å². The van der Waals surface area contributed by atoms with Gasteiger partial charge in [-0.15, -0.1) is 0 Å². The Balaban J connectivity index is 1.61. The maximum absolute atomic E-state index is 14.4. The lowest BCUT2D eigenvalue weighted by Gasteiger charge is -2.68. The van der Waals surface area contributed by atoms with Gasteiger partial charge in [-0.05, 0) is 56.4 Å². The Hall–Kier alpha value is -0.950. The number of quaternary nitrogens is 1. The number of hydroxylamine groups is 3. The maximum atomic E-state index is 14.4. The van der Waals surface area contributed by atoms with Gasteiger partial charge in [-0.1, -0.05) is 13.5 Å². The van der Waals surface area contributed by atoms with E-state index in [1.54, 1.807) is 0 Å². The summed E-state index contributed by atoms with van der Waals surface area (Å²) in [6.45, 7) is 11.1. The molecule has 12 atom stereocenters. The monoisotopic (exact) mass is 417 g/mol. The molecule has 6 heteroatoms. The highest BCUT2D eigenvalue weighted by Crippen LogP contribution is 2.84. The first-order chi connectivity index (χ1) is 14.1. The van der Waals surface area contributed by atoms with E-state index in [4.69, 9.17) is 4.74 Å². The first kappa shape index (κ1) is 19.7. The van der Waals surface area contributed by atoms with Crippen LogP contribution in [-0.2, 0) is 9.53 Å². The second-order valence-electron chi connectivity index (χ2n) is 11.8. The van der Waals surface area contributed by atoms with Crippen LogP contribution >= 0.6 is 0 Å². The summed E-state index contributed by atoms with van der Waals surface area (Å²) in [6, 6.07) is -0.171. The van der Waals surface area contributed by atoms with Gasteiger partial charge in [0.2, 0.25) is 0 Å². The van der Waals surface area contributed by atoms with Crippen molar-refractivity contribution in [3.8, 4) is 0 Å². The number of hydrogen-bond donors (Lipinski definition) is 2. The number of likely N-dealkylation sites (tertiary alicyclic amines) is 1. The second kappa shape index (κ2) is 5.51. The molecule has 6 nitrogen and oxygen atoms in total. The molecular formula is C24H35NO5. The van der Waals surface area contributed by atoms with Crippen molar-refractivity contribution in [2.45, 2.75) is 77.2 Å². The van der Waals surface area contributed by atoms with Gasteiger partial charge in [0.1, 0.15) is 12.1 Å². The van der Waals surface area contributed by atoms with E-state index in [1.165, 1.54) is 6.92 Å². The summed E-state index contributed by atoms with van der Waals surface area (Å²) >= 11 is 0. The van der Waals surface area contributed by atoms with E-state index in [-0.39, 0.29) is 45.2 Å². The number of piperidine rings is 1. The van der Waals surface area contributed by atoms with Gasteiger partial charge in [0.05, 0.1) is 30.7 Å². The van der Waals surface area contributed by atoms with E-state index in [0.29, 0.717) is 25.4 Å².